The fraction of sp³-hybridized carbons (Fsp3) is 0.417. The van der Waals surface area contributed by atoms with Crippen molar-refractivity contribution in [2.24, 2.45) is 0 Å². The van der Waals surface area contributed by atoms with E-state index in [2.05, 4.69) is 21.2 Å². The molecule has 1 heterocycles. The molecule has 1 atom stereocenters. The van der Waals surface area contributed by atoms with Crippen LogP contribution in [0.25, 0.3) is 0 Å². The van der Waals surface area contributed by atoms with Crippen molar-refractivity contribution in [3.05, 3.63) is 33.3 Å². The molecule has 104 valence electrons. The Kier molecular flexibility index (Phi) is 4.53. The number of benzene rings is 1. The average molecular weight is 367 g/mol. The lowest BCUT2D eigenvalue weighted by Crippen LogP contribution is -2.43. The van der Waals surface area contributed by atoms with E-state index >= 15 is 0 Å². The van der Waals surface area contributed by atoms with E-state index in [1.165, 1.54) is 0 Å². The molecule has 0 bridgehead atoms. The van der Waals surface area contributed by atoms with Gasteiger partial charge < -0.3 is 5.32 Å². The highest BCUT2D eigenvalue weighted by atomic mass is 79.9. The molecule has 1 N–H and O–H groups in total. The van der Waals surface area contributed by atoms with E-state index in [4.69, 9.17) is 11.6 Å². The van der Waals surface area contributed by atoms with Gasteiger partial charge >= 0.3 is 0 Å². The Bertz CT molecular complexity index is 603. The van der Waals surface area contributed by atoms with Gasteiger partial charge in [-0.05, 0) is 40.9 Å². The van der Waals surface area contributed by atoms with Gasteiger partial charge in [0.25, 0.3) is 5.91 Å². The van der Waals surface area contributed by atoms with Crippen molar-refractivity contribution in [2.45, 2.75) is 18.9 Å². The van der Waals surface area contributed by atoms with Crippen LogP contribution in [0, 0.1) is 0 Å². The Balaban J connectivity index is 2.11. The maximum Gasteiger partial charge on any atom is 0.253 e. The Hall–Kier alpha value is -0.590. The summed E-state index contributed by atoms with van der Waals surface area (Å²) in [6.45, 7) is 0. The van der Waals surface area contributed by atoms with Crippen molar-refractivity contribution < 1.29 is 13.2 Å². The summed E-state index contributed by atoms with van der Waals surface area (Å²) in [5, 5.41) is 3.07. The van der Waals surface area contributed by atoms with Crippen LogP contribution in [0.15, 0.2) is 22.7 Å². The van der Waals surface area contributed by atoms with E-state index in [0.29, 0.717) is 27.9 Å². The van der Waals surface area contributed by atoms with E-state index in [9.17, 15) is 13.2 Å². The molecule has 0 spiro atoms. The van der Waals surface area contributed by atoms with E-state index in [-0.39, 0.29) is 23.5 Å². The number of amides is 1. The standard InChI is InChI=1S/C12H13BrClNO3S/c13-10-5-1-4-9(11(10)14)12(16)15-8-3-2-6-19(17,18)7-8/h1,4-5,8H,2-3,6-7H2,(H,15,16). The molecule has 1 fully saturated rings. The molecule has 1 aromatic rings. The fourth-order valence-electron chi connectivity index (χ4n) is 2.08. The van der Waals surface area contributed by atoms with Crippen molar-refractivity contribution in [1.82, 2.24) is 5.32 Å². The van der Waals surface area contributed by atoms with Crippen LogP contribution in [0.2, 0.25) is 5.02 Å². The van der Waals surface area contributed by atoms with Crippen LogP contribution in [0.4, 0.5) is 0 Å². The molecule has 4 nitrogen and oxygen atoms in total. The number of carbonyl (C=O) groups is 1. The summed E-state index contributed by atoms with van der Waals surface area (Å²) in [6, 6.07) is 4.73. The smallest absolute Gasteiger partial charge is 0.253 e. The first-order valence-electron chi connectivity index (χ1n) is 5.84. The third-order valence-corrected chi connectivity index (χ3v) is 6.11. The Morgan fingerprint density at radius 3 is 2.84 bits per heavy atom. The Morgan fingerprint density at radius 2 is 2.16 bits per heavy atom. The van der Waals surface area contributed by atoms with Crippen molar-refractivity contribution in [2.75, 3.05) is 11.5 Å². The predicted octanol–water partition coefficient (Wildman–Crippen LogP) is 2.41. The van der Waals surface area contributed by atoms with Gasteiger partial charge in [-0.25, -0.2) is 8.42 Å². The summed E-state index contributed by atoms with van der Waals surface area (Å²) in [7, 11) is -3.03. The predicted molar refractivity (Wildman–Crippen MR) is 78.3 cm³/mol. The molecule has 1 saturated heterocycles. The number of rotatable bonds is 2. The third kappa shape index (κ3) is 3.70. The van der Waals surface area contributed by atoms with E-state index in [1.807, 2.05) is 0 Å². The van der Waals surface area contributed by atoms with Crippen molar-refractivity contribution in [1.29, 1.82) is 0 Å². The molecule has 0 aromatic heterocycles. The van der Waals surface area contributed by atoms with Gasteiger partial charge in [0.15, 0.2) is 9.84 Å². The first-order valence-corrected chi connectivity index (χ1v) is 8.83. The first kappa shape index (κ1) is 14.8. The highest BCUT2D eigenvalue weighted by Crippen LogP contribution is 2.26. The van der Waals surface area contributed by atoms with Gasteiger partial charge in [0, 0.05) is 10.5 Å². The average Bonchev–Trinajstić information content (AvgIpc) is 2.31. The van der Waals surface area contributed by atoms with Crippen LogP contribution in [-0.2, 0) is 9.84 Å². The number of halogens is 2. The highest BCUT2D eigenvalue weighted by molar-refractivity contribution is 9.10. The fourth-order valence-corrected chi connectivity index (χ4v) is 4.29. The number of sulfone groups is 1. The van der Waals surface area contributed by atoms with Gasteiger partial charge in [0.2, 0.25) is 0 Å². The lowest BCUT2D eigenvalue weighted by atomic mass is 10.1. The number of nitrogens with one attached hydrogen (secondary N) is 1. The molecule has 1 aromatic carbocycles. The van der Waals surface area contributed by atoms with Crippen molar-refractivity contribution in [3.63, 3.8) is 0 Å². The van der Waals surface area contributed by atoms with Crippen LogP contribution in [-0.4, -0.2) is 31.9 Å². The summed E-state index contributed by atoms with van der Waals surface area (Å²) < 4.78 is 23.7. The molecule has 1 amide bonds. The molecular weight excluding hydrogens is 354 g/mol. The minimum absolute atomic E-state index is 0.00433. The molecule has 2 rings (SSSR count). The second-order valence-electron chi connectivity index (χ2n) is 4.53. The summed E-state index contributed by atoms with van der Waals surface area (Å²) in [6.07, 6.45) is 1.26. The summed E-state index contributed by atoms with van der Waals surface area (Å²) in [4.78, 5) is 12.1. The van der Waals surface area contributed by atoms with Crippen LogP contribution in [0.3, 0.4) is 0 Å². The van der Waals surface area contributed by atoms with Gasteiger partial charge in [-0.2, -0.15) is 0 Å². The lowest BCUT2D eigenvalue weighted by Gasteiger charge is -2.23. The second kappa shape index (κ2) is 5.81. The van der Waals surface area contributed by atoms with E-state index in [1.54, 1.807) is 18.2 Å². The zero-order valence-corrected chi connectivity index (χ0v) is 13.2. The van der Waals surface area contributed by atoms with Gasteiger partial charge in [-0.1, -0.05) is 17.7 Å². The number of hydrogen-bond donors (Lipinski definition) is 1. The largest absolute Gasteiger partial charge is 0.348 e. The van der Waals surface area contributed by atoms with Crippen LogP contribution in [0.5, 0.6) is 0 Å². The van der Waals surface area contributed by atoms with Crippen LogP contribution in [0.1, 0.15) is 23.2 Å². The first-order chi connectivity index (χ1) is 8.89. The topological polar surface area (TPSA) is 63.2 Å². The minimum Gasteiger partial charge on any atom is -0.348 e. The second-order valence-corrected chi connectivity index (χ2v) is 7.99. The lowest BCUT2D eigenvalue weighted by molar-refractivity contribution is 0.0938. The molecule has 1 aliphatic heterocycles. The quantitative estimate of drug-likeness (QED) is 0.874. The van der Waals surface area contributed by atoms with Gasteiger partial charge in [0.05, 0.1) is 22.1 Å². The molecule has 7 heteroatoms. The molecule has 19 heavy (non-hydrogen) atoms. The van der Waals surface area contributed by atoms with Crippen LogP contribution >= 0.6 is 27.5 Å². The van der Waals surface area contributed by atoms with Crippen molar-refractivity contribution >= 4 is 43.3 Å². The van der Waals surface area contributed by atoms with Crippen LogP contribution < -0.4 is 5.32 Å². The highest BCUT2D eigenvalue weighted by Gasteiger charge is 2.26. The Morgan fingerprint density at radius 1 is 1.42 bits per heavy atom. The maximum atomic E-state index is 12.1. The number of hydrogen-bond acceptors (Lipinski definition) is 3. The summed E-state index contributed by atoms with van der Waals surface area (Å²) in [5.74, 6) is -0.130. The molecule has 1 aliphatic rings. The molecular formula is C12H13BrClNO3S. The summed E-state index contributed by atoms with van der Waals surface area (Å²) >= 11 is 9.29. The molecule has 0 aliphatic carbocycles. The molecule has 1 unspecified atom stereocenters. The number of carbonyl (C=O) groups excluding carboxylic acids is 1. The van der Waals surface area contributed by atoms with Crippen molar-refractivity contribution in [3.8, 4) is 0 Å². The van der Waals surface area contributed by atoms with Gasteiger partial charge in [0.1, 0.15) is 0 Å². The maximum absolute atomic E-state index is 12.1. The zero-order chi connectivity index (χ0) is 14.0. The third-order valence-electron chi connectivity index (χ3n) is 2.99. The zero-order valence-electron chi connectivity index (χ0n) is 10.0. The monoisotopic (exact) mass is 365 g/mol. The molecule has 0 saturated carbocycles. The normalized spacial score (nSPS) is 21.9. The van der Waals surface area contributed by atoms with Gasteiger partial charge in [-0.3, -0.25) is 4.79 Å². The SMILES string of the molecule is O=C(NC1CCCS(=O)(=O)C1)c1cccc(Br)c1Cl. The Labute approximate surface area is 125 Å². The summed E-state index contributed by atoms with van der Waals surface area (Å²) in [5.41, 5.74) is 0.346. The molecule has 0 radical (unpaired) electrons. The van der Waals surface area contributed by atoms with Gasteiger partial charge in [-0.15, -0.1) is 0 Å². The minimum atomic E-state index is -3.03. The van der Waals surface area contributed by atoms with E-state index in [0.717, 1.165) is 0 Å². The van der Waals surface area contributed by atoms with E-state index < -0.39 is 9.84 Å².